The molecule has 0 saturated heterocycles. The van der Waals surface area contributed by atoms with E-state index in [1.54, 1.807) is 48.5 Å². The highest BCUT2D eigenvalue weighted by Gasteiger charge is 2.15. The van der Waals surface area contributed by atoms with Crippen molar-refractivity contribution in [3.8, 4) is 34.4 Å². The van der Waals surface area contributed by atoms with Crippen molar-refractivity contribution in [2.45, 2.75) is 194 Å². The molecule has 2 heterocycles. The first-order valence-corrected chi connectivity index (χ1v) is 24.8. The van der Waals surface area contributed by atoms with Crippen LogP contribution in [0.2, 0.25) is 0 Å². The van der Waals surface area contributed by atoms with E-state index < -0.39 is 11.3 Å². The summed E-state index contributed by atoms with van der Waals surface area (Å²) in [6.07, 6.45) is 32.8. The van der Waals surface area contributed by atoms with Gasteiger partial charge in [-0.15, -0.1) is 0 Å². The summed E-state index contributed by atoms with van der Waals surface area (Å²) in [6, 6.07) is 16.3. The van der Waals surface area contributed by atoms with Crippen LogP contribution >= 0.6 is 0 Å². The number of carbonyl (C=O) groups excluding carboxylic acids is 2. The number of fused-ring (bicyclic) bond motifs is 2. The van der Waals surface area contributed by atoms with E-state index in [1.807, 2.05) is 0 Å². The van der Waals surface area contributed by atoms with Crippen LogP contribution in [0.3, 0.4) is 0 Å². The van der Waals surface area contributed by atoms with E-state index in [-0.39, 0.29) is 46.0 Å². The fourth-order valence-corrected chi connectivity index (χ4v) is 8.17. The first-order valence-electron chi connectivity index (χ1n) is 24.8. The minimum atomic E-state index is -0.606. The Balaban J connectivity index is 1.03. The highest BCUT2D eigenvalue weighted by atomic mass is 16.5. The maximum Gasteiger partial charge on any atom is 0.347 e. The van der Waals surface area contributed by atoms with Gasteiger partial charge in [0.25, 0.3) is 0 Å². The van der Waals surface area contributed by atoms with E-state index in [0.717, 1.165) is 38.5 Å². The minimum absolute atomic E-state index is 0.111. The molecule has 0 N–H and O–H groups in total. The predicted octanol–water partition coefficient (Wildman–Crippen LogP) is 14.8. The van der Waals surface area contributed by atoms with Crippen molar-refractivity contribution in [2.24, 2.45) is 0 Å². The van der Waals surface area contributed by atoms with Crippen LogP contribution in [0.5, 0.6) is 11.5 Å². The van der Waals surface area contributed by atoms with Crippen molar-refractivity contribution in [1.29, 1.82) is 0 Å². The second-order valence-electron chi connectivity index (χ2n) is 17.5. The van der Waals surface area contributed by atoms with Gasteiger partial charge in [0, 0.05) is 24.0 Å². The molecule has 0 saturated carbocycles. The summed E-state index contributed by atoms with van der Waals surface area (Å²) < 4.78 is 22.3. The Kier molecular flexibility index (Phi) is 22.3. The summed E-state index contributed by atoms with van der Waals surface area (Å²) in [6.45, 7) is 4.50. The molecule has 0 aliphatic heterocycles. The number of unbranched alkanes of at least 4 members (excludes halogenated alkanes) is 24. The first kappa shape index (κ1) is 49.9. The van der Waals surface area contributed by atoms with Gasteiger partial charge in [0.15, 0.2) is 0 Å². The summed E-state index contributed by atoms with van der Waals surface area (Å²) in [7, 11) is 0. The molecule has 64 heavy (non-hydrogen) atoms. The normalized spacial score (nSPS) is 11.4. The molecule has 346 valence electrons. The number of benzene rings is 3. The zero-order valence-corrected chi connectivity index (χ0v) is 38.7. The van der Waals surface area contributed by atoms with Crippen LogP contribution in [0.15, 0.2) is 79.1 Å². The van der Waals surface area contributed by atoms with Crippen molar-refractivity contribution >= 4 is 33.7 Å². The number of hydrogen-bond donors (Lipinski definition) is 0. The number of carbonyl (C=O) groups is 2. The third-order valence-corrected chi connectivity index (χ3v) is 12.0. The lowest BCUT2D eigenvalue weighted by Crippen LogP contribution is -2.09. The zero-order chi connectivity index (χ0) is 45.2. The molecular weight excluding hydrogens is 805 g/mol. The molecular formula is C54H72N2O8. The maximum atomic E-state index is 13.1. The number of aromatic nitrogens is 2. The third kappa shape index (κ3) is 17.5. The van der Waals surface area contributed by atoms with E-state index in [4.69, 9.17) is 18.3 Å². The second kappa shape index (κ2) is 28.6. The fourth-order valence-electron chi connectivity index (χ4n) is 8.17. The molecule has 0 radical (unpaired) electrons. The molecule has 3 aromatic carbocycles. The summed E-state index contributed by atoms with van der Waals surface area (Å²) in [5, 5.41) is 0.419. The van der Waals surface area contributed by atoms with E-state index >= 15 is 0 Å². The van der Waals surface area contributed by atoms with Crippen molar-refractivity contribution in [3.63, 3.8) is 0 Å². The standard InChI is InChI=1S/C54H72N2O8/c1-3-5-7-9-11-13-15-17-19-21-23-25-27-29-49(57)61-43-35-37-47-45(39-43)53(59)63-51(55-47)41-31-33-42(34-32-41)52-56-48-38-36-44(40-46(48)54(60)64-52)62-50(58)30-28-26-24-22-20-18-16-14-12-10-8-6-4-2/h31-40H,3-30H2,1-2H3. The lowest BCUT2D eigenvalue weighted by Gasteiger charge is -2.07. The van der Waals surface area contributed by atoms with Crippen molar-refractivity contribution < 1.29 is 27.9 Å². The monoisotopic (exact) mass is 877 g/mol. The molecule has 0 amide bonds. The molecule has 0 aliphatic rings. The molecule has 5 aromatic rings. The average Bonchev–Trinajstić information content (AvgIpc) is 3.29. The lowest BCUT2D eigenvalue weighted by atomic mass is 10.0. The number of ether oxygens (including phenoxy) is 2. The van der Waals surface area contributed by atoms with Crippen LogP contribution in [0.25, 0.3) is 44.7 Å². The third-order valence-electron chi connectivity index (χ3n) is 12.0. The summed E-state index contributed by atoms with van der Waals surface area (Å²) >= 11 is 0. The Labute approximate surface area is 380 Å². The van der Waals surface area contributed by atoms with Gasteiger partial charge in [0.05, 0.1) is 21.8 Å². The Morgan fingerprint density at radius 1 is 0.422 bits per heavy atom. The van der Waals surface area contributed by atoms with Crippen molar-refractivity contribution in [2.75, 3.05) is 0 Å². The number of nitrogens with zero attached hydrogens (tertiary/aromatic N) is 2. The second-order valence-corrected chi connectivity index (χ2v) is 17.5. The van der Waals surface area contributed by atoms with E-state index in [1.165, 1.54) is 141 Å². The largest absolute Gasteiger partial charge is 0.427 e. The average molecular weight is 877 g/mol. The van der Waals surface area contributed by atoms with E-state index in [2.05, 4.69) is 23.8 Å². The number of esters is 2. The summed E-state index contributed by atoms with van der Waals surface area (Å²) in [5.41, 5.74) is 0.654. The molecule has 0 fully saturated rings. The van der Waals surface area contributed by atoms with Crippen LogP contribution in [-0.4, -0.2) is 21.9 Å². The first-order chi connectivity index (χ1) is 31.3. The smallest absolute Gasteiger partial charge is 0.347 e. The van der Waals surface area contributed by atoms with Crippen molar-refractivity contribution in [3.05, 3.63) is 81.5 Å². The Hall–Kier alpha value is -5.12. The van der Waals surface area contributed by atoms with Crippen LogP contribution < -0.4 is 20.7 Å². The van der Waals surface area contributed by atoms with E-state index in [0.29, 0.717) is 35.0 Å². The van der Waals surface area contributed by atoms with Gasteiger partial charge in [-0.05, 0) is 73.5 Å². The van der Waals surface area contributed by atoms with Gasteiger partial charge in [-0.1, -0.05) is 168 Å². The summed E-state index contributed by atoms with van der Waals surface area (Å²) in [5.74, 6) is 0.129. The van der Waals surface area contributed by atoms with Gasteiger partial charge >= 0.3 is 23.2 Å². The molecule has 0 atom stereocenters. The predicted molar refractivity (Wildman–Crippen MR) is 257 cm³/mol. The molecule has 10 heteroatoms. The van der Waals surface area contributed by atoms with Crippen LogP contribution in [0.1, 0.15) is 194 Å². The topological polar surface area (TPSA) is 139 Å². The minimum Gasteiger partial charge on any atom is -0.427 e. The van der Waals surface area contributed by atoms with Crippen LogP contribution in [-0.2, 0) is 9.59 Å². The molecule has 0 bridgehead atoms. The highest BCUT2D eigenvalue weighted by Crippen LogP contribution is 2.27. The van der Waals surface area contributed by atoms with Crippen LogP contribution in [0.4, 0.5) is 0 Å². The van der Waals surface area contributed by atoms with Crippen LogP contribution in [0, 0.1) is 0 Å². The van der Waals surface area contributed by atoms with Crippen molar-refractivity contribution in [1.82, 2.24) is 9.97 Å². The van der Waals surface area contributed by atoms with Gasteiger partial charge in [-0.3, -0.25) is 9.59 Å². The molecule has 2 aromatic heterocycles. The molecule has 5 rings (SSSR count). The molecule has 0 aliphatic carbocycles. The van der Waals surface area contributed by atoms with Gasteiger partial charge in [-0.25, -0.2) is 19.6 Å². The molecule has 10 nitrogen and oxygen atoms in total. The Morgan fingerprint density at radius 2 is 0.719 bits per heavy atom. The summed E-state index contributed by atoms with van der Waals surface area (Å²) in [4.78, 5) is 60.3. The number of rotatable bonds is 32. The van der Waals surface area contributed by atoms with E-state index in [9.17, 15) is 19.2 Å². The quantitative estimate of drug-likeness (QED) is 0.0233. The molecule has 0 unspecified atom stereocenters. The lowest BCUT2D eigenvalue weighted by molar-refractivity contribution is -0.135. The Bertz CT molecular complexity index is 2120. The highest BCUT2D eigenvalue weighted by molar-refractivity contribution is 5.83. The van der Waals surface area contributed by atoms with Gasteiger partial charge in [0.1, 0.15) is 11.5 Å². The van der Waals surface area contributed by atoms with Gasteiger partial charge in [-0.2, -0.15) is 0 Å². The molecule has 0 spiro atoms. The van der Waals surface area contributed by atoms with Gasteiger partial charge in [0.2, 0.25) is 11.8 Å². The number of hydrogen-bond acceptors (Lipinski definition) is 10. The zero-order valence-electron chi connectivity index (χ0n) is 38.7. The fraction of sp³-hybridized carbons (Fsp3) is 0.556. The maximum absolute atomic E-state index is 13.1. The van der Waals surface area contributed by atoms with Gasteiger partial charge < -0.3 is 18.3 Å². The SMILES string of the molecule is CCCCCCCCCCCCCCCC(=O)Oc1ccc2nc(-c3ccc(-c4nc5ccc(OC(=O)CCCCCCCCCCCCCCC)cc5c(=O)o4)cc3)oc(=O)c2c1. The Morgan fingerprint density at radius 3 is 1.03 bits per heavy atom.